The van der Waals surface area contributed by atoms with Crippen molar-refractivity contribution in [3.8, 4) is 0 Å². The van der Waals surface area contributed by atoms with Crippen LogP contribution in [0.1, 0.15) is 29.8 Å². The number of halogens is 3. The number of amides is 1. The highest BCUT2D eigenvalue weighted by Gasteiger charge is 2.34. The van der Waals surface area contributed by atoms with Crippen molar-refractivity contribution in [3.05, 3.63) is 35.4 Å². The van der Waals surface area contributed by atoms with Gasteiger partial charge in [0.15, 0.2) is 0 Å². The van der Waals surface area contributed by atoms with Gasteiger partial charge in [0.25, 0.3) is 5.91 Å². The van der Waals surface area contributed by atoms with E-state index in [2.05, 4.69) is 5.32 Å². The first-order chi connectivity index (χ1) is 8.73. The van der Waals surface area contributed by atoms with E-state index < -0.39 is 29.3 Å². The third kappa shape index (κ3) is 4.24. The maximum absolute atomic E-state index is 12.7. The van der Waals surface area contributed by atoms with Crippen LogP contribution in [0.5, 0.6) is 0 Å². The van der Waals surface area contributed by atoms with E-state index in [0.717, 1.165) is 12.1 Å². The predicted octanol–water partition coefficient (Wildman–Crippen LogP) is 2.45. The quantitative estimate of drug-likeness (QED) is 0.886. The van der Waals surface area contributed by atoms with Crippen LogP contribution in [-0.4, -0.2) is 23.7 Å². The summed E-state index contributed by atoms with van der Waals surface area (Å²) >= 11 is 0. The topological polar surface area (TPSA) is 49.3 Å². The van der Waals surface area contributed by atoms with Gasteiger partial charge in [-0.3, -0.25) is 4.79 Å². The Hall–Kier alpha value is -1.56. The van der Waals surface area contributed by atoms with Gasteiger partial charge in [-0.25, -0.2) is 0 Å². The van der Waals surface area contributed by atoms with E-state index in [1.807, 2.05) is 0 Å². The maximum atomic E-state index is 12.7. The first-order valence-electron chi connectivity index (χ1n) is 5.86. The summed E-state index contributed by atoms with van der Waals surface area (Å²) in [4.78, 5) is 11.7. The predicted molar refractivity (Wildman–Crippen MR) is 64.6 cm³/mol. The summed E-state index contributed by atoms with van der Waals surface area (Å²) in [6.45, 7) is 3.42. The van der Waals surface area contributed by atoms with Crippen molar-refractivity contribution in [2.24, 2.45) is 5.92 Å². The van der Waals surface area contributed by atoms with Crippen LogP contribution in [0.4, 0.5) is 13.2 Å². The van der Waals surface area contributed by atoms with Gasteiger partial charge in [-0.15, -0.1) is 0 Å². The molecule has 19 heavy (non-hydrogen) atoms. The maximum Gasteiger partial charge on any atom is 0.417 e. The van der Waals surface area contributed by atoms with E-state index in [9.17, 15) is 23.1 Å². The van der Waals surface area contributed by atoms with Crippen LogP contribution in [0.3, 0.4) is 0 Å². The molecule has 1 amide bonds. The van der Waals surface area contributed by atoms with Crippen LogP contribution in [0.25, 0.3) is 0 Å². The lowest BCUT2D eigenvalue weighted by Crippen LogP contribution is -2.35. The molecule has 0 saturated carbocycles. The number of aliphatic hydroxyl groups excluding tert-OH is 1. The Kier molecular flexibility index (Phi) is 4.94. The summed E-state index contributed by atoms with van der Waals surface area (Å²) in [5.41, 5.74) is -1.42. The lowest BCUT2D eigenvalue weighted by molar-refractivity contribution is -0.137. The minimum absolute atomic E-state index is 0.0807. The lowest BCUT2D eigenvalue weighted by atomic mass is 10.1. The van der Waals surface area contributed by atoms with Gasteiger partial charge >= 0.3 is 6.18 Å². The molecule has 0 aliphatic carbocycles. The van der Waals surface area contributed by atoms with Crippen LogP contribution in [0.15, 0.2) is 24.3 Å². The second kappa shape index (κ2) is 6.06. The monoisotopic (exact) mass is 275 g/mol. The Morgan fingerprint density at radius 2 is 1.89 bits per heavy atom. The van der Waals surface area contributed by atoms with E-state index >= 15 is 0 Å². The molecule has 0 spiro atoms. The standard InChI is InChI=1S/C13H16F3NO2/c1-8(2)11(18)7-17-12(19)9-5-3-4-6-10(9)13(14,15)16/h3-6,8,11,18H,7H2,1-2H3,(H,17,19). The Bertz CT molecular complexity index is 444. The third-order valence-electron chi connectivity index (χ3n) is 2.72. The van der Waals surface area contributed by atoms with E-state index in [1.54, 1.807) is 13.8 Å². The SMILES string of the molecule is CC(C)C(O)CNC(=O)c1ccccc1C(F)(F)F. The summed E-state index contributed by atoms with van der Waals surface area (Å²) in [6.07, 6.45) is -5.37. The summed E-state index contributed by atoms with van der Waals surface area (Å²) in [7, 11) is 0. The van der Waals surface area contributed by atoms with Crippen molar-refractivity contribution < 1.29 is 23.1 Å². The fraction of sp³-hybridized carbons (Fsp3) is 0.462. The molecule has 0 aliphatic heterocycles. The zero-order valence-electron chi connectivity index (χ0n) is 10.7. The molecule has 0 saturated heterocycles. The largest absolute Gasteiger partial charge is 0.417 e. The zero-order chi connectivity index (χ0) is 14.6. The third-order valence-corrected chi connectivity index (χ3v) is 2.72. The molecule has 1 unspecified atom stereocenters. The van der Waals surface area contributed by atoms with Crippen molar-refractivity contribution in [1.29, 1.82) is 0 Å². The Labute approximate surface area is 109 Å². The minimum Gasteiger partial charge on any atom is -0.391 e. The molecule has 6 heteroatoms. The van der Waals surface area contributed by atoms with Crippen molar-refractivity contribution in [2.45, 2.75) is 26.1 Å². The Morgan fingerprint density at radius 3 is 2.42 bits per heavy atom. The summed E-state index contributed by atoms with van der Waals surface area (Å²) in [6, 6.07) is 4.55. The molecular formula is C13H16F3NO2. The average Bonchev–Trinajstić information content (AvgIpc) is 2.34. The second-order valence-corrected chi connectivity index (χ2v) is 4.56. The molecule has 106 valence electrons. The molecule has 2 N–H and O–H groups in total. The van der Waals surface area contributed by atoms with Gasteiger partial charge in [0.05, 0.1) is 17.2 Å². The van der Waals surface area contributed by atoms with Gasteiger partial charge in [-0.05, 0) is 18.1 Å². The minimum atomic E-state index is -4.58. The number of rotatable bonds is 4. The van der Waals surface area contributed by atoms with Crippen molar-refractivity contribution >= 4 is 5.91 Å². The molecule has 0 fully saturated rings. The van der Waals surface area contributed by atoms with E-state index in [0.29, 0.717) is 0 Å². The molecular weight excluding hydrogens is 259 g/mol. The van der Waals surface area contributed by atoms with Crippen LogP contribution in [0, 0.1) is 5.92 Å². The lowest BCUT2D eigenvalue weighted by Gasteiger charge is -2.16. The molecule has 1 aromatic carbocycles. The van der Waals surface area contributed by atoms with Crippen molar-refractivity contribution in [1.82, 2.24) is 5.32 Å². The fourth-order valence-corrected chi connectivity index (χ4v) is 1.46. The Balaban J connectivity index is 2.83. The van der Waals surface area contributed by atoms with E-state index in [4.69, 9.17) is 0 Å². The van der Waals surface area contributed by atoms with Crippen LogP contribution in [0.2, 0.25) is 0 Å². The molecule has 0 aromatic heterocycles. The zero-order valence-corrected chi connectivity index (χ0v) is 10.7. The smallest absolute Gasteiger partial charge is 0.391 e. The first kappa shape index (κ1) is 15.5. The fourth-order valence-electron chi connectivity index (χ4n) is 1.46. The van der Waals surface area contributed by atoms with Crippen molar-refractivity contribution in [3.63, 3.8) is 0 Å². The number of carbonyl (C=O) groups excluding carboxylic acids is 1. The Morgan fingerprint density at radius 1 is 1.32 bits per heavy atom. The second-order valence-electron chi connectivity index (χ2n) is 4.56. The van der Waals surface area contributed by atoms with Crippen LogP contribution >= 0.6 is 0 Å². The van der Waals surface area contributed by atoms with Gasteiger partial charge in [-0.1, -0.05) is 26.0 Å². The number of aliphatic hydroxyl groups is 1. The molecule has 0 heterocycles. The first-order valence-corrected chi connectivity index (χ1v) is 5.86. The average molecular weight is 275 g/mol. The number of hydrogen-bond acceptors (Lipinski definition) is 2. The number of benzene rings is 1. The normalized spacial score (nSPS) is 13.4. The molecule has 0 aliphatic rings. The van der Waals surface area contributed by atoms with Crippen LogP contribution in [-0.2, 0) is 6.18 Å². The van der Waals surface area contributed by atoms with Gasteiger partial charge in [0.2, 0.25) is 0 Å². The van der Waals surface area contributed by atoms with Gasteiger partial charge in [0, 0.05) is 6.54 Å². The highest BCUT2D eigenvalue weighted by Crippen LogP contribution is 2.31. The van der Waals surface area contributed by atoms with Gasteiger partial charge < -0.3 is 10.4 Å². The number of hydrogen-bond donors (Lipinski definition) is 2. The van der Waals surface area contributed by atoms with Crippen molar-refractivity contribution in [2.75, 3.05) is 6.54 Å². The number of alkyl halides is 3. The number of carbonyl (C=O) groups is 1. The van der Waals surface area contributed by atoms with E-state index in [1.165, 1.54) is 12.1 Å². The molecule has 3 nitrogen and oxygen atoms in total. The van der Waals surface area contributed by atoms with Crippen LogP contribution < -0.4 is 5.32 Å². The number of nitrogens with one attached hydrogen (secondary N) is 1. The molecule has 1 atom stereocenters. The molecule has 0 bridgehead atoms. The summed E-state index contributed by atoms with van der Waals surface area (Å²) in [5, 5.41) is 11.8. The highest BCUT2D eigenvalue weighted by molar-refractivity contribution is 5.95. The van der Waals surface area contributed by atoms with Gasteiger partial charge in [-0.2, -0.15) is 13.2 Å². The van der Waals surface area contributed by atoms with E-state index in [-0.39, 0.29) is 12.5 Å². The summed E-state index contributed by atoms with van der Waals surface area (Å²) < 4.78 is 38.1. The molecule has 0 radical (unpaired) electrons. The molecule has 1 rings (SSSR count). The van der Waals surface area contributed by atoms with Gasteiger partial charge in [0.1, 0.15) is 0 Å². The molecule has 1 aromatic rings. The highest BCUT2D eigenvalue weighted by atomic mass is 19.4. The summed E-state index contributed by atoms with van der Waals surface area (Å²) in [5.74, 6) is -0.925.